The van der Waals surface area contributed by atoms with Gasteiger partial charge in [-0.2, -0.15) is 5.10 Å². The maximum Gasteiger partial charge on any atom is 0.333 e. The molecule has 3 aliphatic rings. The molecular formula is C19H22N4O4S. The number of hydrogen-bond donors (Lipinski definition) is 2. The normalized spacial score (nSPS) is 17.7. The molecule has 2 heterocycles. The number of fused-ring (bicyclic) bond motifs is 3. The third-order valence-electron chi connectivity index (χ3n) is 5.84. The van der Waals surface area contributed by atoms with Crippen molar-refractivity contribution in [2.45, 2.75) is 56.6 Å². The van der Waals surface area contributed by atoms with Crippen LogP contribution in [-0.4, -0.2) is 30.8 Å². The van der Waals surface area contributed by atoms with Crippen molar-refractivity contribution < 1.29 is 17.9 Å². The van der Waals surface area contributed by atoms with Gasteiger partial charge in [-0.3, -0.25) is 0 Å². The summed E-state index contributed by atoms with van der Waals surface area (Å²) in [7, 11) is -4.01. The van der Waals surface area contributed by atoms with Crippen LogP contribution in [0.15, 0.2) is 17.2 Å². The lowest BCUT2D eigenvalue weighted by Gasteiger charge is -2.17. The van der Waals surface area contributed by atoms with Crippen molar-refractivity contribution in [3.8, 4) is 0 Å². The Labute approximate surface area is 163 Å². The fraction of sp³-hybridized carbons (Fsp3) is 0.474. The Kier molecular flexibility index (Phi) is 4.17. The highest BCUT2D eigenvalue weighted by Crippen LogP contribution is 2.38. The van der Waals surface area contributed by atoms with Gasteiger partial charge >= 0.3 is 6.03 Å². The van der Waals surface area contributed by atoms with Gasteiger partial charge in [0.05, 0.1) is 18.5 Å². The molecule has 148 valence electrons. The lowest BCUT2D eigenvalue weighted by Crippen LogP contribution is -2.35. The van der Waals surface area contributed by atoms with Crippen LogP contribution in [-0.2, 0) is 53.6 Å². The molecule has 0 saturated heterocycles. The summed E-state index contributed by atoms with van der Waals surface area (Å²) in [5.41, 5.74) is 6.27. The lowest BCUT2D eigenvalue weighted by atomic mass is 9.99. The minimum absolute atomic E-state index is 0.0365. The quantitative estimate of drug-likeness (QED) is 0.816. The summed E-state index contributed by atoms with van der Waals surface area (Å²) >= 11 is 0. The van der Waals surface area contributed by atoms with Gasteiger partial charge in [0.25, 0.3) is 10.0 Å². The number of urea groups is 1. The zero-order chi connectivity index (χ0) is 19.3. The van der Waals surface area contributed by atoms with E-state index in [-0.39, 0.29) is 11.6 Å². The number of aryl methyl sites for hydroxylation is 2. The van der Waals surface area contributed by atoms with E-state index in [4.69, 9.17) is 4.74 Å². The summed E-state index contributed by atoms with van der Waals surface area (Å²) in [6, 6.07) is 1.55. The van der Waals surface area contributed by atoms with Gasteiger partial charge in [0.15, 0.2) is 0 Å². The molecular weight excluding hydrogens is 380 g/mol. The molecule has 1 aliphatic heterocycles. The van der Waals surface area contributed by atoms with Gasteiger partial charge in [-0.1, -0.05) is 6.07 Å². The summed E-state index contributed by atoms with van der Waals surface area (Å²) in [5.74, 6) is 0. The predicted molar refractivity (Wildman–Crippen MR) is 102 cm³/mol. The summed E-state index contributed by atoms with van der Waals surface area (Å²) in [5, 5.41) is 6.91. The van der Waals surface area contributed by atoms with Crippen molar-refractivity contribution in [2.24, 2.45) is 0 Å². The molecule has 0 bridgehead atoms. The Balaban J connectivity index is 1.41. The standard InChI is InChI=1S/C19H22N4O4S/c24-19(22-28(25,26)17-10-20-23-11-27-8-7-16(17)23)21-18-14-5-1-3-12(14)9-13-4-2-6-15(13)18/h9-10H,1-8,11H2,(H2,21,22,24). The van der Waals surface area contributed by atoms with Crippen molar-refractivity contribution in [1.82, 2.24) is 14.5 Å². The van der Waals surface area contributed by atoms with E-state index in [0.29, 0.717) is 18.7 Å². The number of carbonyl (C=O) groups excluding carboxylic acids is 1. The van der Waals surface area contributed by atoms with Gasteiger partial charge < -0.3 is 10.1 Å². The number of nitrogens with zero attached hydrogens (tertiary/aromatic N) is 2. The van der Waals surface area contributed by atoms with Crippen LogP contribution in [0.4, 0.5) is 10.5 Å². The number of amides is 2. The third kappa shape index (κ3) is 2.89. The number of carbonyl (C=O) groups is 1. The van der Waals surface area contributed by atoms with E-state index in [2.05, 4.69) is 21.2 Å². The van der Waals surface area contributed by atoms with Crippen molar-refractivity contribution in [3.05, 3.63) is 40.2 Å². The van der Waals surface area contributed by atoms with Crippen molar-refractivity contribution in [2.75, 3.05) is 11.9 Å². The van der Waals surface area contributed by atoms with E-state index in [1.807, 2.05) is 0 Å². The first-order valence-corrected chi connectivity index (χ1v) is 11.1. The summed E-state index contributed by atoms with van der Waals surface area (Å²) in [6.45, 7) is 0.655. The number of anilines is 1. The SMILES string of the molecule is O=C(Nc1c2c(cc3c1CCC3)CCC2)NS(=O)(=O)c1cnn2c1CCOC2. The largest absolute Gasteiger partial charge is 0.359 e. The van der Waals surface area contributed by atoms with Crippen LogP contribution in [0.1, 0.15) is 40.8 Å². The monoisotopic (exact) mass is 402 g/mol. The topological polar surface area (TPSA) is 102 Å². The Bertz CT molecular complexity index is 1040. The minimum atomic E-state index is -4.01. The number of ether oxygens (including phenoxy) is 1. The maximum absolute atomic E-state index is 12.8. The second kappa shape index (κ2) is 6.59. The molecule has 0 unspecified atom stereocenters. The van der Waals surface area contributed by atoms with E-state index < -0.39 is 16.1 Å². The van der Waals surface area contributed by atoms with Gasteiger partial charge in [0.1, 0.15) is 11.6 Å². The number of benzene rings is 1. The number of aromatic nitrogens is 2. The molecule has 8 nitrogen and oxygen atoms in total. The second-order valence-corrected chi connectivity index (χ2v) is 9.19. The Morgan fingerprint density at radius 1 is 1.07 bits per heavy atom. The van der Waals surface area contributed by atoms with Crippen molar-refractivity contribution >= 4 is 21.7 Å². The van der Waals surface area contributed by atoms with Crippen molar-refractivity contribution in [1.29, 1.82) is 0 Å². The average molecular weight is 402 g/mol. The van der Waals surface area contributed by atoms with Gasteiger partial charge in [-0.05, 0) is 60.8 Å². The fourth-order valence-electron chi connectivity index (χ4n) is 4.58. The van der Waals surface area contributed by atoms with E-state index in [0.717, 1.165) is 55.3 Å². The lowest BCUT2D eigenvalue weighted by molar-refractivity contribution is 0.0471. The molecule has 2 N–H and O–H groups in total. The third-order valence-corrected chi connectivity index (χ3v) is 7.21. The summed E-state index contributed by atoms with van der Waals surface area (Å²) in [4.78, 5) is 12.7. The molecule has 5 rings (SSSR count). The molecule has 2 amide bonds. The zero-order valence-electron chi connectivity index (χ0n) is 15.5. The second-order valence-electron chi connectivity index (χ2n) is 7.54. The van der Waals surface area contributed by atoms with E-state index >= 15 is 0 Å². The molecule has 28 heavy (non-hydrogen) atoms. The highest BCUT2D eigenvalue weighted by atomic mass is 32.2. The first kappa shape index (κ1) is 17.7. The van der Waals surface area contributed by atoms with Crippen LogP contribution in [0.2, 0.25) is 0 Å². The summed E-state index contributed by atoms with van der Waals surface area (Å²) in [6.07, 6.45) is 7.72. The zero-order valence-corrected chi connectivity index (χ0v) is 16.3. The highest BCUT2D eigenvalue weighted by molar-refractivity contribution is 7.90. The fourth-order valence-corrected chi connectivity index (χ4v) is 5.69. The molecule has 0 fully saturated rings. The molecule has 0 radical (unpaired) electrons. The van der Waals surface area contributed by atoms with Gasteiger partial charge in [-0.15, -0.1) is 0 Å². The first-order chi connectivity index (χ1) is 13.5. The van der Waals surface area contributed by atoms with Crippen LogP contribution in [0.3, 0.4) is 0 Å². The molecule has 2 aromatic rings. The number of hydrogen-bond acceptors (Lipinski definition) is 5. The number of sulfonamides is 1. The molecule has 1 aromatic carbocycles. The predicted octanol–water partition coefficient (Wildman–Crippen LogP) is 1.90. The average Bonchev–Trinajstić information content (AvgIpc) is 3.39. The maximum atomic E-state index is 12.8. The van der Waals surface area contributed by atoms with E-state index in [9.17, 15) is 13.2 Å². The summed E-state index contributed by atoms with van der Waals surface area (Å²) < 4.78 is 34.5. The van der Waals surface area contributed by atoms with Crippen LogP contribution >= 0.6 is 0 Å². The highest BCUT2D eigenvalue weighted by Gasteiger charge is 2.29. The minimum Gasteiger partial charge on any atom is -0.359 e. The van der Waals surface area contributed by atoms with Crippen LogP contribution < -0.4 is 10.0 Å². The molecule has 0 atom stereocenters. The first-order valence-electron chi connectivity index (χ1n) is 9.65. The molecule has 9 heteroatoms. The smallest absolute Gasteiger partial charge is 0.333 e. The van der Waals surface area contributed by atoms with E-state index in [1.165, 1.54) is 22.0 Å². The molecule has 0 saturated carbocycles. The van der Waals surface area contributed by atoms with Gasteiger partial charge in [-0.25, -0.2) is 22.6 Å². The molecule has 1 aromatic heterocycles. The Morgan fingerprint density at radius 3 is 2.50 bits per heavy atom. The van der Waals surface area contributed by atoms with E-state index in [1.54, 1.807) is 0 Å². The number of rotatable bonds is 3. The Morgan fingerprint density at radius 2 is 1.79 bits per heavy atom. The molecule has 0 spiro atoms. The number of nitrogens with one attached hydrogen (secondary N) is 2. The Hall–Kier alpha value is -2.39. The molecule has 2 aliphatic carbocycles. The van der Waals surface area contributed by atoms with Crippen molar-refractivity contribution in [3.63, 3.8) is 0 Å². The van der Waals surface area contributed by atoms with Gasteiger partial charge in [0, 0.05) is 12.1 Å². The van der Waals surface area contributed by atoms with Crippen LogP contribution in [0, 0.1) is 0 Å². The van der Waals surface area contributed by atoms with Crippen LogP contribution in [0.5, 0.6) is 0 Å². The van der Waals surface area contributed by atoms with Crippen LogP contribution in [0.25, 0.3) is 0 Å². The van der Waals surface area contributed by atoms with Gasteiger partial charge in [0.2, 0.25) is 0 Å².